The lowest BCUT2D eigenvalue weighted by Gasteiger charge is -2.46. The Hall–Kier alpha value is -3.35. The first-order valence-electron chi connectivity index (χ1n) is 30.6. The second-order valence-electron chi connectivity index (χ2n) is 21.1. The molecule has 0 saturated carbocycles. The van der Waals surface area contributed by atoms with Crippen LogP contribution in [0.5, 0.6) is 0 Å². The number of amides is 1. The van der Waals surface area contributed by atoms with Gasteiger partial charge < -0.3 is 65.1 Å². The van der Waals surface area contributed by atoms with Crippen LogP contribution in [0.4, 0.5) is 0 Å². The highest BCUT2D eigenvalue weighted by molar-refractivity contribution is 5.76. The van der Waals surface area contributed by atoms with Crippen LogP contribution in [-0.2, 0) is 23.7 Å². The van der Waals surface area contributed by atoms with Crippen molar-refractivity contribution in [2.24, 2.45) is 0 Å². The van der Waals surface area contributed by atoms with Crippen molar-refractivity contribution in [1.82, 2.24) is 5.32 Å². The SMILES string of the molecule is CC/C=C\C/C=C\C/C=C\C/C=C\C/C=C\C/C=C\C/C=C\CCCCCCCCCCCCCCCC(=O)NC(COC1OC(CO)C(OC2OC(CO)C(O)C(O)C2O)C(O)C1O)C(O)/C=C/CC/C=C/CCCCCC. The van der Waals surface area contributed by atoms with Crippen molar-refractivity contribution in [2.45, 2.75) is 274 Å². The average Bonchev–Trinajstić information content (AvgIpc) is 3.47. The van der Waals surface area contributed by atoms with Gasteiger partial charge in [-0.05, 0) is 89.9 Å². The lowest BCUT2D eigenvalue weighted by Crippen LogP contribution is -2.65. The Kier molecular flexibility index (Phi) is 44.8. The van der Waals surface area contributed by atoms with Crippen LogP contribution in [0, 0.1) is 0 Å². The molecule has 14 nitrogen and oxygen atoms in total. The minimum absolute atomic E-state index is 0.258. The molecule has 2 aliphatic rings. The van der Waals surface area contributed by atoms with Gasteiger partial charge in [-0.2, -0.15) is 0 Å². The molecule has 0 aromatic carbocycles. The molecular weight excluding hydrogens is 1000 g/mol. The van der Waals surface area contributed by atoms with E-state index in [1.807, 2.05) is 6.08 Å². The number of rotatable bonds is 47. The van der Waals surface area contributed by atoms with Crippen molar-refractivity contribution in [3.8, 4) is 0 Å². The zero-order valence-electron chi connectivity index (χ0n) is 48.6. The van der Waals surface area contributed by atoms with Gasteiger partial charge in [0.15, 0.2) is 12.6 Å². The van der Waals surface area contributed by atoms with Gasteiger partial charge in [0.25, 0.3) is 0 Å². The Labute approximate surface area is 476 Å². The van der Waals surface area contributed by atoms with Crippen molar-refractivity contribution < 1.29 is 64.6 Å². The number of nitrogens with one attached hydrogen (secondary N) is 1. The number of carbonyl (C=O) groups is 1. The van der Waals surface area contributed by atoms with Crippen molar-refractivity contribution in [3.63, 3.8) is 0 Å². The lowest BCUT2D eigenvalue weighted by atomic mass is 9.97. The zero-order valence-corrected chi connectivity index (χ0v) is 48.6. The molecule has 2 rings (SSSR count). The monoisotopic (exact) mass is 1110 g/mol. The smallest absolute Gasteiger partial charge is 0.220 e. The number of allylic oxidation sites excluding steroid dienone is 17. The van der Waals surface area contributed by atoms with Gasteiger partial charge in [-0.25, -0.2) is 0 Å². The van der Waals surface area contributed by atoms with Crippen LogP contribution in [0.15, 0.2) is 109 Å². The fourth-order valence-corrected chi connectivity index (χ4v) is 9.29. The van der Waals surface area contributed by atoms with E-state index in [2.05, 4.69) is 116 Å². The second-order valence-corrected chi connectivity index (χ2v) is 21.1. The van der Waals surface area contributed by atoms with Crippen molar-refractivity contribution in [2.75, 3.05) is 19.8 Å². The second kappa shape index (κ2) is 49.3. The van der Waals surface area contributed by atoms with Crippen LogP contribution in [-0.4, -0.2) is 140 Å². The first kappa shape index (κ1) is 71.8. The molecule has 0 spiro atoms. The summed E-state index contributed by atoms with van der Waals surface area (Å²) >= 11 is 0. The van der Waals surface area contributed by atoms with Crippen molar-refractivity contribution in [3.05, 3.63) is 109 Å². The van der Waals surface area contributed by atoms with Gasteiger partial charge >= 0.3 is 0 Å². The fourth-order valence-electron chi connectivity index (χ4n) is 9.29. The first-order valence-corrected chi connectivity index (χ1v) is 30.6. The Morgan fingerprint density at radius 1 is 0.468 bits per heavy atom. The van der Waals surface area contributed by atoms with E-state index in [0.717, 1.165) is 89.9 Å². The minimum atomic E-state index is -1.79. The number of carbonyl (C=O) groups excluding carboxylic acids is 1. The van der Waals surface area contributed by atoms with Crippen LogP contribution in [0.3, 0.4) is 0 Å². The maximum absolute atomic E-state index is 13.2. The average molecular weight is 1110 g/mol. The van der Waals surface area contributed by atoms with E-state index in [9.17, 15) is 45.6 Å². The van der Waals surface area contributed by atoms with E-state index < -0.39 is 86.8 Å². The topological polar surface area (TPSA) is 228 Å². The molecule has 1 amide bonds. The van der Waals surface area contributed by atoms with Crippen molar-refractivity contribution in [1.29, 1.82) is 0 Å². The summed E-state index contributed by atoms with van der Waals surface area (Å²) in [5.41, 5.74) is 0. The number of ether oxygens (including phenoxy) is 4. The molecule has 79 heavy (non-hydrogen) atoms. The van der Waals surface area contributed by atoms with Crippen LogP contribution < -0.4 is 5.32 Å². The van der Waals surface area contributed by atoms with E-state index >= 15 is 0 Å². The molecule has 14 heteroatoms. The van der Waals surface area contributed by atoms with E-state index in [1.165, 1.54) is 77.0 Å². The molecule has 0 aliphatic carbocycles. The van der Waals surface area contributed by atoms with Crippen LogP contribution in [0.2, 0.25) is 0 Å². The third-order valence-corrected chi connectivity index (χ3v) is 14.2. The van der Waals surface area contributed by atoms with E-state index in [0.29, 0.717) is 12.8 Å². The van der Waals surface area contributed by atoms with Crippen LogP contribution >= 0.6 is 0 Å². The maximum Gasteiger partial charge on any atom is 0.220 e. The molecule has 2 heterocycles. The van der Waals surface area contributed by atoms with Crippen molar-refractivity contribution >= 4 is 5.91 Å². The van der Waals surface area contributed by atoms with Gasteiger partial charge in [0.05, 0.1) is 32.0 Å². The highest BCUT2D eigenvalue weighted by Crippen LogP contribution is 2.30. The number of aliphatic hydroxyl groups excluding tert-OH is 8. The van der Waals surface area contributed by atoms with Gasteiger partial charge in [0, 0.05) is 6.42 Å². The zero-order chi connectivity index (χ0) is 57.4. The Balaban J connectivity index is 1.62. The summed E-state index contributed by atoms with van der Waals surface area (Å²) in [5, 5.41) is 86.8. The predicted octanol–water partition coefficient (Wildman–Crippen LogP) is 10.8. The molecule has 2 fully saturated rings. The van der Waals surface area contributed by atoms with Gasteiger partial charge in [0.2, 0.25) is 5.91 Å². The van der Waals surface area contributed by atoms with E-state index in [4.69, 9.17) is 18.9 Å². The summed E-state index contributed by atoms with van der Waals surface area (Å²) < 4.78 is 22.7. The Morgan fingerprint density at radius 3 is 1.39 bits per heavy atom. The molecule has 0 aromatic rings. The number of unbranched alkanes of at least 4 members (excludes halogenated alkanes) is 18. The van der Waals surface area contributed by atoms with Gasteiger partial charge in [-0.1, -0.05) is 213 Å². The van der Waals surface area contributed by atoms with Gasteiger partial charge in [0.1, 0.15) is 48.8 Å². The lowest BCUT2D eigenvalue weighted by molar-refractivity contribution is -0.359. The molecule has 12 atom stereocenters. The summed E-state index contributed by atoms with van der Waals surface area (Å²) in [4.78, 5) is 13.2. The Morgan fingerprint density at radius 2 is 0.886 bits per heavy atom. The third-order valence-electron chi connectivity index (χ3n) is 14.2. The molecule has 9 N–H and O–H groups in total. The van der Waals surface area contributed by atoms with Crippen LogP contribution in [0.1, 0.15) is 200 Å². The molecule has 0 bridgehead atoms. The van der Waals surface area contributed by atoms with Crippen LogP contribution in [0.25, 0.3) is 0 Å². The molecule has 2 saturated heterocycles. The number of hydrogen-bond donors (Lipinski definition) is 9. The molecule has 0 radical (unpaired) electrons. The highest BCUT2D eigenvalue weighted by Gasteiger charge is 2.51. The molecule has 2 aliphatic heterocycles. The Bertz CT molecular complexity index is 1740. The normalized spacial score (nSPS) is 25.2. The summed E-state index contributed by atoms with van der Waals surface area (Å²) in [6, 6.07) is -0.936. The number of hydrogen-bond acceptors (Lipinski definition) is 13. The fraction of sp³-hybridized carbons (Fsp3) is 0.708. The number of aliphatic hydroxyl groups is 8. The minimum Gasteiger partial charge on any atom is -0.394 e. The standard InChI is InChI=1S/C65H109NO13/c1-3-5-7-9-11-13-15-16-17-18-19-20-21-22-23-24-25-26-27-28-29-30-31-32-33-34-35-36-37-38-39-41-43-45-47-49-57(70)66-53(54(69)48-46-44-42-40-14-12-10-8-6-4-2)52-76-64-62(75)60(73)63(56(51-68)78-64)79-65-61(74)59(72)58(71)55(50-67)77-65/h5,7,11,13-14,16-17,19-20,22-23,25-26,28-29,40,46,48,53-56,58-65,67-69,71-75H,3-4,6,8-10,12,15,18,21,24,27,30-39,41-45,47,49-52H2,1-2H3,(H,66,70)/b7-5-,13-11-,17-16-,20-19-,23-22-,26-25-,29-28-,40-14+,48-46+. The first-order chi connectivity index (χ1) is 38.6. The quantitative estimate of drug-likeness (QED) is 0.0204. The summed E-state index contributed by atoms with van der Waals surface area (Å²) in [6.07, 6.45) is 53.0. The van der Waals surface area contributed by atoms with E-state index in [-0.39, 0.29) is 18.9 Å². The molecule has 452 valence electrons. The summed E-state index contributed by atoms with van der Waals surface area (Å²) in [6.45, 7) is 2.60. The largest absolute Gasteiger partial charge is 0.394 e. The van der Waals surface area contributed by atoms with Gasteiger partial charge in [-0.15, -0.1) is 0 Å². The van der Waals surface area contributed by atoms with Gasteiger partial charge in [-0.3, -0.25) is 4.79 Å². The predicted molar refractivity (Wildman–Crippen MR) is 318 cm³/mol. The summed E-state index contributed by atoms with van der Waals surface area (Å²) in [5.74, 6) is -0.258. The maximum atomic E-state index is 13.2. The molecule has 0 aromatic heterocycles. The summed E-state index contributed by atoms with van der Waals surface area (Å²) in [7, 11) is 0. The molecule has 12 unspecified atom stereocenters. The third kappa shape index (κ3) is 34.6. The van der Waals surface area contributed by atoms with E-state index in [1.54, 1.807) is 6.08 Å². The highest BCUT2D eigenvalue weighted by atomic mass is 16.7. The molecular formula is C65H109NO13.